The minimum absolute atomic E-state index is 0.385. The number of aromatic nitrogens is 2. The molecule has 2 aromatic rings. The van der Waals surface area contributed by atoms with Gasteiger partial charge in [-0.1, -0.05) is 11.6 Å². The highest BCUT2D eigenvalue weighted by atomic mass is 35.5. The summed E-state index contributed by atoms with van der Waals surface area (Å²) in [6.07, 6.45) is 12.2. The topological polar surface area (TPSA) is 80.3 Å². The Morgan fingerprint density at radius 3 is 2.59 bits per heavy atom. The summed E-state index contributed by atoms with van der Waals surface area (Å²) in [6, 6.07) is 5.53. The maximum absolute atomic E-state index is 6.55. The van der Waals surface area contributed by atoms with Crippen molar-refractivity contribution >= 4 is 23.1 Å². The van der Waals surface area contributed by atoms with E-state index in [9.17, 15) is 0 Å². The number of pyridine rings is 2. The molecule has 2 aliphatic rings. The molecule has 1 saturated heterocycles. The molecule has 0 bridgehead atoms. The van der Waals surface area contributed by atoms with Gasteiger partial charge in [-0.2, -0.15) is 0 Å². The number of halogens is 1. The van der Waals surface area contributed by atoms with Crippen molar-refractivity contribution in [2.75, 3.05) is 44.1 Å². The largest absolute Gasteiger partial charge is 0.384 e. The van der Waals surface area contributed by atoms with Gasteiger partial charge in [0.25, 0.3) is 0 Å². The van der Waals surface area contributed by atoms with Crippen molar-refractivity contribution in [1.29, 1.82) is 0 Å². The smallest absolute Gasteiger partial charge is 0.126 e. The van der Waals surface area contributed by atoms with Crippen LogP contribution in [0.5, 0.6) is 0 Å². The van der Waals surface area contributed by atoms with Crippen LogP contribution >= 0.6 is 11.6 Å². The van der Waals surface area contributed by atoms with E-state index in [1.807, 2.05) is 18.5 Å². The van der Waals surface area contributed by atoms with E-state index in [4.69, 9.17) is 21.1 Å². The lowest BCUT2D eigenvalue weighted by Gasteiger charge is -2.32. The van der Waals surface area contributed by atoms with Gasteiger partial charge in [-0.15, -0.1) is 0 Å². The lowest BCUT2D eigenvalue weighted by molar-refractivity contribution is 0.0699. The molecular weight excluding hydrogens is 450 g/mol. The average molecular weight is 488 g/mol. The van der Waals surface area contributed by atoms with Crippen molar-refractivity contribution in [2.24, 2.45) is 5.92 Å². The third-order valence-corrected chi connectivity index (χ3v) is 7.16. The van der Waals surface area contributed by atoms with Crippen molar-refractivity contribution in [1.82, 2.24) is 15.3 Å². The van der Waals surface area contributed by atoms with Crippen LogP contribution in [0.2, 0.25) is 5.02 Å². The Labute approximate surface area is 208 Å². The SMILES string of the molecule is COC[C@@H](C)N[C@H]1CC[C@H](Nc2cc(-c3cncc(NCC4CCOCC4)c3)c(Cl)cn2)CC1. The van der Waals surface area contributed by atoms with Gasteiger partial charge < -0.3 is 25.4 Å². The molecule has 7 nitrogen and oxygen atoms in total. The molecule has 0 unspecified atom stereocenters. The molecule has 3 heterocycles. The Balaban J connectivity index is 1.34. The molecule has 1 saturated carbocycles. The standard InChI is InChI=1S/C26H38ClN5O2/c1-18(17-33-2)31-21-3-5-22(6-4-21)32-26-12-24(25(27)16-30-26)20-11-23(15-28-14-20)29-13-19-7-9-34-10-8-19/h11-12,14-16,18-19,21-22,29,31H,3-10,13,17H2,1-2H3,(H,30,32)/t18-,21-,22-/m1/s1. The van der Waals surface area contributed by atoms with E-state index in [1.54, 1.807) is 13.3 Å². The number of rotatable bonds is 10. The van der Waals surface area contributed by atoms with E-state index in [0.29, 0.717) is 29.1 Å². The van der Waals surface area contributed by atoms with E-state index in [0.717, 1.165) is 87.5 Å². The first kappa shape index (κ1) is 25.2. The molecular formula is C26H38ClN5O2. The summed E-state index contributed by atoms with van der Waals surface area (Å²) in [5.41, 5.74) is 2.96. The number of hydrogen-bond donors (Lipinski definition) is 3. The monoisotopic (exact) mass is 487 g/mol. The Morgan fingerprint density at radius 1 is 1.06 bits per heavy atom. The molecule has 186 valence electrons. The zero-order valence-electron chi connectivity index (χ0n) is 20.4. The van der Waals surface area contributed by atoms with Crippen LogP contribution in [-0.2, 0) is 9.47 Å². The highest BCUT2D eigenvalue weighted by Crippen LogP contribution is 2.31. The highest BCUT2D eigenvalue weighted by molar-refractivity contribution is 6.33. The molecule has 1 aliphatic heterocycles. The van der Waals surface area contributed by atoms with Crippen LogP contribution in [0.3, 0.4) is 0 Å². The number of hydrogen-bond acceptors (Lipinski definition) is 7. The molecule has 2 fully saturated rings. The second kappa shape index (κ2) is 12.7. The fourth-order valence-electron chi connectivity index (χ4n) is 4.95. The number of anilines is 2. The van der Waals surface area contributed by atoms with E-state index < -0.39 is 0 Å². The van der Waals surface area contributed by atoms with Crippen molar-refractivity contribution in [3.8, 4) is 11.1 Å². The van der Waals surface area contributed by atoms with Gasteiger partial charge in [-0.25, -0.2) is 4.98 Å². The van der Waals surface area contributed by atoms with Gasteiger partial charge in [0, 0.05) is 74.7 Å². The van der Waals surface area contributed by atoms with Gasteiger partial charge in [0.05, 0.1) is 17.3 Å². The van der Waals surface area contributed by atoms with Crippen molar-refractivity contribution in [3.05, 3.63) is 35.7 Å². The van der Waals surface area contributed by atoms with E-state index in [-0.39, 0.29) is 0 Å². The second-order valence-electron chi connectivity index (χ2n) is 9.66. The van der Waals surface area contributed by atoms with E-state index in [2.05, 4.69) is 38.9 Å². The normalized spacial score (nSPS) is 22.3. The molecule has 3 N–H and O–H groups in total. The molecule has 0 amide bonds. The molecule has 34 heavy (non-hydrogen) atoms. The summed E-state index contributed by atoms with van der Waals surface area (Å²) >= 11 is 6.55. The fraction of sp³-hybridized carbons (Fsp3) is 0.615. The number of nitrogens with one attached hydrogen (secondary N) is 3. The molecule has 2 aromatic heterocycles. The van der Waals surface area contributed by atoms with Crippen LogP contribution in [-0.4, -0.2) is 61.6 Å². The predicted octanol–water partition coefficient (Wildman–Crippen LogP) is 4.98. The van der Waals surface area contributed by atoms with Crippen molar-refractivity contribution in [2.45, 2.75) is 63.6 Å². The number of methoxy groups -OCH3 is 1. The van der Waals surface area contributed by atoms with Gasteiger partial charge in [0.1, 0.15) is 5.82 Å². The highest BCUT2D eigenvalue weighted by Gasteiger charge is 2.22. The van der Waals surface area contributed by atoms with Crippen LogP contribution in [0.4, 0.5) is 11.5 Å². The lowest BCUT2D eigenvalue weighted by atomic mass is 9.90. The maximum atomic E-state index is 6.55. The first-order valence-corrected chi connectivity index (χ1v) is 12.9. The summed E-state index contributed by atoms with van der Waals surface area (Å²) in [5.74, 6) is 1.51. The van der Waals surface area contributed by atoms with Crippen molar-refractivity contribution < 1.29 is 9.47 Å². The summed E-state index contributed by atoms with van der Waals surface area (Å²) < 4.78 is 10.7. The van der Waals surface area contributed by atoms with Gasteiger partial charge in [-0.05, 0) is 63.5 Å². The molecule has 0 spiro atoms. The van der Waals surface area contributed by atoms with Gasteiger partial charge in [-0.3, -0.25) is 4.98 Å². The summed E-state index contributed by atoms with van der Waals surface area (Å²) in [7, 11) is 1.75. The summed E-state index contributed by atoms with van der Waals surface area (Å²) in [5, 5.41) is 11.5. The molecule has 1 atom stereocenters. The minimum Gasteiger partial charge on any atom is -0.384 e. The van der Waals surface area contributed by atoms with E-state index >= 15 is 0 Å². The van der Waals surface area contributed by atoms with Crippen LogP contribution in [0.1, 0.15) is 45.4 Å². The van der Waals surface area contributed by atoms with Gasteiger partial charge >= 0.3 is 0 Å². The molecule has 4 rings (SSSR count). The van der Waals surface area contributed by atoms with Crippen LogP contribution in [0.25, 0.3) is 11.1 Å². The fourth-order valence-corrected chi connectivity index (χ4v) is 5.16. The minimum atomic E-state index is 0.385. The molecule has 0 aromatic carbocycles. The second-order valence-corrected chi connectivity index (χ2v) is 10.1. The van der Waals surface area contributed by atoms with E-state index in [1.165, 1.54) is 0 Å². The third-order valence-electron chi connectivity index (χ3n) is 6.86. The van der Waals surface area contributed by atoms with Crippen molar-refractivity contribution in [3.63, 3.8) is 0 Å². The van der Waals surface area contributed by atoms with Crippen LogP contribution < -0.4 is 16.0 Å². The summed E-state index contributed by atoms with van der Waals surface area (Å²) in [4.78, 5) is 9.00. The number of nitrogens with zero attached hydrogens (tertiary/aromatic N) is 2. The maximum Gasteiger partial charge on any atom is 0.126 e. The third kappa shape index (κ3) is 7.28. The predicted molar refractivity (Wildman–Crippen MR) is 139 cm³/mol. The Kier molecular flexibility index (Phi) is 9.39. The molecule has 1 aliphatic carbocycles. The Bertz CT molecular complexity index is 901. The van der Waals surface area contributed by atoms with Crippen LogP contribution in [0.15, 0.2) is 30.7 Å². The first-order valence-electron chi connectivity index (χ1n) is 12.5. The summed E-state index contributed by atoms with van der Waals surface area (Å²) in [6.45, 7) is 5.58. The molecule has 0 radical (unpaired) electrons. The lowest BCUT2D eigenvalue weighted by Crippen LogP contribution is -2.42. The van der Waals surface area contributed by atoms with Gasteiger partial charge in [0.15, 0.2) is 0 Å². The molecule has 8 heteroatoms. The zero-order valence-corrected chi connectivity index (χ0v) is 21.1. The van der Waals surface area contributed by atoms with Crippen LogP contribution in [0, 0.1) is 5.92 Å². The average Bonchev–Trinajstić information content (AvgIpc) is 2.86. The van der Waals surface area contributed by atoms with Gasteiger partial charge in [0.2, 0.25) is 0 Å². The Morgan fingerprint density at radius 2 is 1.82 bits per heavy atom. The first-order chi connectivity index (χ1) is 16.6. The number of ether oxygens (including phenoxy) is 2. The zero-order chi connectivity index (χ0) is 23.8. The Hall–Kier alpha value is -1.93. The quantitative estimate of drug-likeness (QED) is 0.436.